The molecule has 1 heterocycles. The van der Waals surface area contributed by atoms with Crippen molar-refractivity contribution in [2.75, 3.05) is 5.01 Å². The minimum Gasteiger partial charge on any atom is -0.283 e. The van der Waals surface area contributed by atoms with Crippen molar-refractivity contribution in [2.45, 2.75) is 0 Å². The van der Waals surface area contributed by atoms with Crippen LogP contribution in [0.1, 0.15) is 10.4 Å². The molecule has 1 aromatic carbocycles. The van der Waals surface area contributed by atoms with Crippen molar-refractivity contribution in [3.05, 3.63) is 39.9 Å². The second-order valence-corrected chi connectivity index (χ2v) is 2.70. The maximum absolute atomic E-state index is 11.2. The summed E-state index contributed by atoms with van der Waals surface area (Å²) in [5, 5.41) is 9.84. The Balaban J connectivity index is 0.00000112. The molecular weight excluding hydrogens is 224 g/mol. The quantitative estimate of drug-likeness (QED) is 0.405. The van der Waals surface area contributed by atoms with Crippen LogP contribution in [0.15, 0.2) is 24.3 Å². The summed E-state index contributed by atoms with van der Waals surface area (Å²) in [6.45, 7) is 0. The second-order valence-electron chi connectivity index (χ2n) is 2.70. The van der Waals surface area contributed by atoms with E-state index >= 15 is 0 Å². The molecule has 1 aliphatic heterocycles. The molecule has 7 heteroatoms. The number of hydrogen-bond donors (Lipinski definition) is 0. The molecule has 0 atom stereocenters. The van der Waals surface area contributed by atoms with Crippen LogP contribution in [0.4, 0.5) is 5.69 Å². The van der Waals surface area contributed by atoms with E-state index in [0.717, 1.165) is 0 Å². The van der Waals surface area contributed by atoms with Crippen LogP contribution < -0.4 is 5.01 Å². The summed E-state index contributed by atoms with van der Waals surface area (Å²) in [4.78, 5) is 32.8. The minimum absolute atomic E-state index is 0. The molecule has 0 aliphatic carbocycles. The van der Waals surface area contributed by atoms with Gasteiger partial charge in [-0.1, -0.05) is 12.1 Å². The van der Waals surface area contributed by atoms with Gasteiger partial charge in [-0.25, -0.2) is 10.1 Å². The molecule has 0 saturated carbocycles. The van der Waals surface area contributed by atoms with Gasteiger partial charge in [0.1, 0.15) is 5.69 Å². The topological polar surface area (TPSA) is 80.5 Å². The van der Waals surface area contributed by atoms with Gasteiger partial charge in [-0.15, -0.1) is 12.4 Å². The van der Waals surface area contributed by atoms with Gasteiger partial charge in [0, 0.05) is 0 Å². The Bertz CT molecular complexity index is 460. The Morgan fingerprint density at radius 2 is 1.80 bits per heavy atom. The van der Waals surface area contributed by atoms with E-state index in [1.165, 1.54) is 18.2 Å². The van der Waals surface area contributed by atoms with Crippen molar-refractivity contribution in [1.82, 2.24) is 0 Å². The van der Waals surface area contributed by atoms with E-state index in [9.17, 15) is 19.7 Å². The number of carbonyl (C=O) groups is 2. The number of fused-ring (bicyclic) bond motifs is 1. The Morgan fingerprint density at radius 3 is 2.40 bits per heavy atom. The van der Waals surface area contributed by atoms with Crippen molar-refractivity contribution in [3.63, 3.8) is 0 Å². The highest BCUT2D eigenvalue weighted by atomic mass is 35.5. The number of carbonyl (C=O) groups excluding carboxylic acids is 2. The summed E-state index contributed by atoms with van der Waals surface area (Å²) >= 11 is 0. The predicted octanol–water partition coefficient (Wildman–Crippen LogP) is 0.829. The number of ketones is 1. The molecule has 0 bridgehead atoms. The predicted molar refractivity (Wildman–Crippen MR) is 52.5 cm³/mol. The largest absolute Gasteiger partial charge is 0.360 e. The first-order valence-corrected chi connectivity index (χ1v) is 3.75. The lowest BCUT2D eigenvalue weighted by Gasteiger charge is -2.02. The van der Waals surface area contributed by atoms with Gasteiger partial charge in [-0.05, 0) is 17.1 Å². The van der Waals surface area contributed by atoms with Crippen LogP contribution in [0.3, 0.4) is 0 Å². The summed E-state index contributed by atoms with van der Waals surface area (Å²) < 4.78 is 0. The van der Waals surface area contributed by atoms with E-state index < -0.39 is 16.7 Å². The zero-order valence-electron chi connectivity index (χ0n) is 7.25. The smallest absolute Gasteiger partial charge is 0.283 e. The molecule has 0 saturated heterocycles. The fourth-order valence-corrected chi connectivity index (χ4v) is 1.33. The molecule has 6 nitrogen and oxygen atoms in total. The maximum atomic E-state index is 11.2. The number of anilines is 1. The highest BCUT2D eigenvalue weighted by Crippen LogP contribution is 2.27. The number of hydrazine groups is 1. The lowest BCUT2D eigenvalue weighted by Crippen LogP contribution is -2.34. The number of halogens is 1. The summed E-state index contributed by atoms with van der Waals surface area (Å²) in [7, 11) is 0. The molecule has 78 valence electrons. The van der Waals surface area contributed by atoms with Crippen molar-refractivity contribution in [3.8, 4) is 0 Å². The first-order valence-electron chi connectivity index (χ1n) is 3.75. The number of amides is 1. The number of benzene rings is 1. The summed E-state index contributed by atoms with van der Waals surface area (Å²) in [5.41, 5.74) is 0.113. The normalized spacial score (nSPS) is 13.5. The third-order valence-corrected chi connectivity index (χ3v) is 1.93. The summed E-state index contributed by atoms with van der Waals surface area (Å²) in [5.74, 6) is -1.95. The number of Topliss-reactive ketones (excluding diaryl/α,β-unsaturated/α-hetero) is 1. The van der Waals surface area contributed by atoms with Crippen LogP contribution >= 0.6 is 12.4 Å². The molecular formula is C8H5ClN2O4. The van der Waals surface area contributed by atoms with Gasteiger partial charge in [0.05, 0.1) is 5.56 Å². The average molecular weight is 229 g/mol. The highest BCUT2D eigenvalue weighted by Gasteiger charge is 2.43. The van der Waals surface area contributed by atoms with Crippen LogP contribution in [0, 0.1) is 10.1 Å². The van der Waals surface area contributed by atoms with E-state index in [0.29, 0.717) is 0 Å². The first-order chi connectivity index (χ1) is 6.63. The number of para-hydroxylation sites is 1. The number of nitrogens with zero attached hydrogens (tertiary/aromatic N) is 2. The third-order valence-electron chi connectivity index (χ3n) is 1.93. The second kappa shape index (κ2) is 3.66. The van der Waals surface area contributed by atoms with Crippen molar-refractivity contribution >= 4 is 29.8 Å². The van der Waals surface area contributed by atoms with Gasteiger partial charge in [0.2, 0.25) is 0 Å². The third kappa shape index (κ3) is 1.44. The molecule has 1 aromatic rings. The van der Waals surface area contributed by atoms with E-state index in [2.05, 4.69) is 0 Å². The molecule has 0 spiro atoms. The molecule has 0 aromatic heterocycles. The molecule has 0 unspecified atom stereocenters. The number of nitro groups is 1. The summed E-state index contributed by atoms with van der Waals surface area (Å²) in [6, 6.07) is 5.83. The van der Waals surface area contributed by atoms with Gasteiger partial charge in [0.25, 0.3) is 5.78 Å². The SMILES string of the molecule is Cl.O=C1C(=O)N([N+](=O)[O-])c2ccccc21. The van der Waals surface area contributed by atoms with Crippen LogP contribution in [-0.4, -0.2) is 16.7 Å². The van der Waals surface area contributed by atoms with Gasteiger partial charge >= 0.3 is 5.91 Å². The molecule has 0 radical (unpaired) electrons. The van der Waals surface area contributed by atoms with Crippen LogP contribution in [0.25, 0.3) is 0 Å². The Morgan fingerprint density at radius 1 is 1.20 bits per heavy atom. The van der Waals surface area contributed by atoms with Crippen LogP contribution in [0.2, 0.25) is 0 Å². The summed E-state index contributed by atoms with van der Waals surface area (Å²) in [6.07, 6.45) is 0. The van der Waals surface area contributed by atoms with Crippen LogP contribution in [0.5, 0.6) is 0 Å². The average Bonchev–Trinajstić information content (AvgIpc) is 2.41. The Labute approximate surface area is 90.0 Å². The van der Waals surface area contributed by atoms with Crippen molar-refractivity contribution in [2.24, 2.45) is 0 Å². The molecule has 0 fully saturated rings. The van der Waals surface area contributed by atoms with Crippen molar-refractivity contribution in [1.29, 1.82) is 0 Å². The lowest BCUT2D eigenvalue weighted by atomic mass is 10.1. The number of hydrogen-bond acceptors (Lipinski definition) is 4. The zero-order valence-corrected chi connectivity index (χ0v) is 8.06. The fraction of sp³-hybridized carbons (Fsp3) is 0. The molecule has 2 rings (SSSR count). The Kier molecular flexibility index (Phi) is 2.71. The van der Waals surface area contributed by atoms with Crippen LogP contribution in [-0.2, 0) is 4.79 Å². The standard InChI is InChI=1S/C8H4N2O4.ClH/c11-7-5-3-1-2-4-6(5)9(8(7)12)10(13)14;/h1-4H;1H. The van der Waals surface area contributed by atoms with E-state index in [-0.39, 0.29) is 28.7 Å². The molecule has 1 amide bonds. The van der Waals surface area contributed by atoms with Gasteiger partial charge in [-0.2, -0.15) is 0 Å². The Hall–Kier alpha value is -1.95. The van der Waals surface area contributed by atoms with E-state index in [1.54, 1.807) is 6.07 Å². The zero-order chi connectivity index (χ0) is 10.3. The molecule has 1 aliphatic rings. The first kappa shape index (κ1) is 11.1. The van der Waals surface area contributed by atoms with Gasteiger partial charge in [-0.3, -0.25) is 9.59 Å². The molecule has 0 N–H and O–H groups in total. The fourth-order valence-electron chi connectivity index (χ4n) is 1.33. The van der Waals surface area contributed by atoms with E-state index in [4.69, 9.17) is 0 Å². The minimum atomic E-state index is -1.11. The number of rotatable bonds is 1. The van der Waals surface area contributed by atoms with Gasteiger partial charge in [0.15, 0.2) is 5.03 Å². The monoisotopic (exact) mass is 228 g/mol. The molecule has 15 heavy (non-hydrogen) atoms. The highest BCUT2D eigenvalue weighted by molar-refractivity contribution is 6.51. The van der Waals surface area contributed by atoms with E-state index in [1.807, 2.05) is 0 Å². The van der Waals surface area contributed by atoms with Gasteiger partial charge < -0.3 is 0 Å². The maximum Gasteiger partial charge on any atom is 0.360 e. The van der Waals surface area contributed by atoms with Crippen molar-refractivity contribution < 1.29 is 14.6 Å². The lowest BCUT2D eigenvalue weighted by molar-refractivity contribution is -0.482.